The summed E-state index contributed by atoms with van der Waals surface area (Å²) < 4.78 is 68.3. The van der Waals surface area contributed by atoms with Crippen molar-refractivity contribution in [2.75, 3.05) is 4.72 Å². The van der Waals surface area contributed by atoms with Crippen molar-refractivity contribution in [3.8, 4) is 0 Å². The Labute approximate surface area is 146 Å². The molecule has 0 aliphatic heterocycles. The van der Waals surface area contributed by atoms with Gasteiger partial charge < -0.3 is 0 Å². The smallest absolute Gasteiger partial charge is 0.289 e. The van der Waals surface area contributed by atoms with Crippen LogP contribution in [-0.4, -0.2) is 33.8 Å². The fraction of sp³-hybridized carbons (Fsp3) is 0.333. The summed E-state index contributed by atoms with van der Waals surface area (Å²) in [6, 6.07) is 5.03. The van der Waals surface area contributed by atoms with Gasteiger partial charge in [-0.2, -0.15) is 26.7 Å². The number of halogens is 3. The normalized spacial score (nSPS) is 15.5. The van der Waals surface area contributed by atoms with Gasteiger partial charge in [0.15, 0.2) is 5.03 Å². The first kappa shape index (κ1) is 16.9. The molecule has 1 saturated carbocycles. The van der Waals surface area contributed by atoms with Gasteiger partial charge in [-0.05, 0) is 25.0 Å². The first-order valence-corrected chi connectivity index (χ1v) is 9.30. The standard InChI is InChI=1S/C15H14F3N5O2S/c16-15(17,18)9-23-14(10-4-5-10)11(7-20-23)21-26(24,25)13-8-19-12-3-1-2-6-22(12)13/h1-3,6-8,10,21H,4-5,9H2. The molecule has 26 heavy (non-hydrogen) atoms. The predicted octanol–water partition coefficient (Wildman–Crippen LogP) is 2.77. The molecule has 3 aromatic heterocycles. The highest BCUT2D eigenvalue weighted by atomic mass is 32.2. The number of hydrogen-bond acceptors (Lipinski definition) is 4. The van der Waals surface area contributed by atoms with Crippen LogP contribution in [0.4, 0.5) is 18.9 Å². The molecule has 11 heteroatoms. The van der Waals surface area contributed by atoms with Crippen LogP contribution in [0.1, 0.15) is 24.5 Å². The lowest BCUT2D eigenvalue weighted by Crippen LogP contribution is -2.21. The molecule has 0 saturated heterocycles. The molecule has 0 bridgehead atoms. The van der Waals surface area contributed by atoms with Crippen LogP contribution in [-0.2, 0) is 16.6 Å². The zero-order chi connectivity index (χ0) is 18.5. The molecule has 0 aromatic carbocycles. The fourth-order valence-corrected chi connectivity index (χ4v) is 4.02. The van der Waals surface area contributed by atoms with E-state index in [0.29, 0.717) is 18.5 Å². The maximum absolute atomic E-state index is 12.7. The number of imidazole rings is 1. The van der Waals surface area contributed by atoms with Crippen LogP contribution >= 0.6 is 0 Å². The van der Waals surface area contributed by atoms with Crippen LogP contribution in [0.2, 0.25) is 0 Å². The van der Waals surface area contributed by atoms with Gasteiger partial charge in [0.2, 0.25) is 0 Å². The van der Waals surface area contributed by atoms with Crippen LogP contribution in [0.3, 0.4) is 0 Å². The Bertz CT molecular complexity index is 1070. The second-order valence-electron chi connectivity index (χ2n) is 6.12. The Kier molecular flexibility index (Phi) is 3.72. The minimum Gasteiger partial charge on any atom is -0.289 e. The minimum atomic E-state index is -4.44. The number of aromatic nitrogens is 4. The minimum absolute atomic E-state index is 0.0719. The summed E-state index contributed by atoms with van der Waals surface area (Å²) in [5.74, 6) is -0.125. The Morgan fingerprint density at radius 2 is 2.00 bits per heavy atom. The SMILES string of the molecule is O=S(=O)(Nc1cnn(CC(F)(F)F)c1C1CC1)c1cnc2ccccn12. The summed E-state index contributed by atoms with van der Waals surface area (Å²) in [6.07, 6.45) is 0.843. The molecular formula is C15H14F3N5O2S. The molecule has 7 nitrogen and oxygen atoms in total. The zero-order valence-corrected chi connectivity index (χ0v) is 14.1. The van der Waals surface area contributed by atoms with E-state index in [4.69, 9.17) is 0 Å². The fourth-order valence-electron chi connectivity index (χ4n) is 2.86. The summed E-state index contributed by atoms with van der Waals surface area (Å²) in [6.45, 7) is -1.25. The van der Waals surface area contributed by atoms with E-state index >= 15 is 0 Å². The largest absolute Gasteiger partial charge is 0.408 e. The number of rotatable bonds is 5. The third kappa shape index (κ3) is 3.14. The maximum atomic E-state index is 12.7. The van der Waals surface area contributed by atoms with E-state index in [1.807, 2.05) is 0 Å². The second kappa shape index (κ2) is 5.73. The van der Waals surface area contributed by atoms with Crippen LogP contribution in [0.15, 0.2) is 41.8 Å². The summed E-state index contributed by atoms with van der Waals surface area (Å²) in [7, 11) is -4.04. The van der Waals surface area contributed by atoms with Crippen molar-refractivity contribution in [3.63, 3.8) is 0 Å². The summed E-state index contributed by atoms with van der Waals surface area (Å²) in [5, 5.41) is 3.64. The molecule has 1 N–H and O–H groups in total. The molecular weight excluding hydrogens is 371 g/mol. The number of nitrogens with zero attached hydrogens (tertiary/aromatic N) is 4. The third-order valence-corrected chi connectivity index (χ3v) is 5.42. The van der Waals surface area contributed by atoms with E-state index in [1.54, 1.807) is 24.4 Å². The Morgan fingerprint density at radius 3 is 2.69 bits per heavy atom. The van der Waals surface area contributed by atoms with Crippen molar-refractivity contribution in [1.29, 1.82) is 0 Å². The van der Waals surface area contributed by atoms with Crippen LogP contribution in [0.25, 0.3) is 5.65 Å². The van der Waals surface area contributed by atoms with Gasteiger partial charge in [0, 0.05) is 12.1 Å². The topological polar surface area (TPSA) is 81.3 Å². The number of nitrogens with one attached hydrogen (secondary N) is 1. The lowest BCUT2D eigenvalue weighted by molar-refractivity contribution is -0.143. The van der Waals surface area contributed by atoms with E-state index in [0.717, 1.165) is 10.9 Å². The van der Waals surface area contributed by atoms with E-state index < -0.39 is 22.7 Å². The number of alkyl halides is 3. The number of anilines is 1. The van der Waals surface area contributed by atoms with Gasteiger partial charge in [-0.15, -0.1) is 0 Å². The first-order valence-electron chi connectivity index (χ1n) is 7.82. The van der Waals surface area contributed by atoms with Gasteiger partial charge >= 0.3 is 6.18 Å². The third-order valence-electron chi connectivity index (χ3n) is 4.08. The average molecular weight is 385 g/mol. The van der Waals surface area contributed by atoms with Gasteiger partial charge in [0.25, 0.3) is 10.0 Å². The van der Waals surface area contributed by atoms with Crippen molar-refractivity contribution in [2.45, 2.75) is 36.5 Å². The van der Waals surface area contributed by atoms with E-state index in [2.05, 4.69) is 14.8 Å². The number of pyridine rings is 1. The Hall–Kier alpha value is -2.56. The highest BCUT2D eigenvalue weighted by molar-refractivity contribution is 7.92. The highest BCUT2D eigenvalue weighted by Crippen LogP contribution is 2.44. The van der Waals surface area contributed by atoms with Crippen molar-refractivity contribution in [1.82, 2.24) is 19.2 Å². The van der Waals surface area contributed by atoms with E-state index in [9.17, 15) is 21.6 Å². The average Bonchev–Trinajstić information content (AvgIpc) is 3.16. The summed E-state index contributed by atoms with van der Waals surface area (Å²) >= 11 is 0. The Morgan fingerprint density at radius 1 is 1.23 bits per heavy atom. The molecule has 0 amide bonds. The van der Waals surface area contributed by atoms with Crippen LogP contribution in [0, 0.1) is 0 Å². The number of fused-ring (bicyclic) bond motifs is 1. The molecule has 3 aromatic rings. The number of hydrogen-bond donors (Lipinski definition) is 1. The lowest BCUT2D eigenvalue weighted by atomic mass is 10.2. The zero-order valence-electron chi connectivity index (χ0n) is 13.3. The molecule has 3 heterocycles. The Balaban J connectivity index is 1.70. The van der Waals surface area contributed by atoms with Crippen molar-refractivity contribution < 1.29 is 21.6 Å². The lowest BCUT2D eigenvalue weighted by Gasteiger charge is -2.12. The molecule has 0 radical (unpaired) electrons. The summed E-state index contributed by atoms with van der Waals surface area (Å²) in [4.78, 5) is 4.02. The second-order valence-corrected chi connectivity index (χ2v) is 7.75. The van der Waals surface area contributed by atoms with E-state index in [1.165, 1.54) is 10.6 Å². The predicted molar refractivity (Wildman–Crippen MR) is 86.3 cm³/mol. The molecule has 1 aliphatic carbocycles. The molecule has 4 rings (SSSR count). The first-order chi connectivity index (χ1) is 12.2. The molecule has 1 fully saturated rings. The molecule has 0 unspecified atom stereocenters. The van der Waals surface area contributed by atoms with Crippen LogP contribution < -0.4 is 4.72 Å². The van der Waals surface area contributed by atoms with Gasteiger partial charge in [0.05, 0.1) is 23.8 Å². The molecule has 0 atom stereocenters. The highest BCUT2D eigenvalue weighted by Gasteiger charge is 2.36. The van der Waals surface area contributed by atoms with E-state index in [-0.39, 0.29) is 22.3 Å². The van der Waals surface area contributed by atoms with Crippen molar-refractivity contribution in [2.24, 2.45) is 0 Å². The summed E-state index contributed by atoms with van der Waals surface area (Å²) in [5.41, 5.74) is 0.783. The molecule has 0 spiro atoms. The van der Waals surface area contributed by atoms with Gasteiger partial charge in [-0.1, -0.05) is 6.07 Å². The van der Waals surface area contributed by atoms with Crippen molar-refractivity contribution in [3.05, 3.63) is 42.5 Å². The molecule has 138 valence electrons. The quantitative estimate of drug-likeness (QED) is 0.732. The van der Waals surface area contributed by atoms with Gasteiger partial charge in [-0.3, -0.25) is 13.8 Å². The van der Waals surface area contributed by atoms with Gasteiger partial charge in [0.1, 0.15) is 12.2 Å². The van der Waals surface area contributed by atoms with Crippen LogP contribution in [0.5, 0.6) is 0 Å². The van der Waals surface area contributed by atoms with Crippen molar-refractivity contribution >= 4 is 21.4 Å². The molecule has 1 aliphatic rings. The maximum Gasteiger partial charge on any atom is 0.408 e. The number of sulfonamides is 1. The van der Waals surface area contributed by atoms with Gasteiger partial charge in [-0.25, -0.2) is 4.98 Å². The monoisotopic (exact) mass is 385 g/mol.